The molecule has 176 valence electrons. The highest BCUT2D eigenvalue weighted by atomic mass is 19.4. The Morgan fingerprint density at radius 2 is 1.82 bits per heavy atom. The van der Waals surface area contributed by atoms with Gasteiger partial charge < -0.3 is 10.2 Å². The number of amides is 1. The first-order valence-corrected chi connectivity index (χ1v) is 11.2. The predicted octanol–water partition coefficient (Wildman–Crippen LogP) is 4.45. The van der Waals surface area contributed by atoms with E-state index in [0.717, 1.165) is 31.7 Å². The van der Waals surface area contributed by atoms with E-state index in [1.807, 2.05) is 23.1 Å². The lowest BCUT2D eigenvalue weighted by Gasteiger charge is -2.40. The third-order valence-electron chi connectivity index (χ3n) is 6.72. The van der Waals surface area contributed by atoms with Gasteiger partial charge in [-0.3, -0.25) is 4.79 Å². The van der Waals surface area contributed by atoms with Crippen molar-refractivity contribution in [1.29, 1.82) is 0 Å². The molecule has 1 saturated heterocycles. The van der Waals surface area contributed by atoms with Crippen LogP contribution >= 0.6 is 0 Å². The maximum absolute atomic E-state index is 13.8. The van der Waals surface area contributed by atoms with Crippen LogP contribution in [0, 0.1) is 5.92 Å². The van der Waals surface area contributed by atoms with Crippen molar-refractivity contribution in [3.05, 3.63) is 66.4 Å². The first-order valence-electron chi connectivity index (χ1n) is 11.2. The van der Waals surface area contributed by atoms with Gasteiger partial charge in [-0.1, -0.05) is 25.1 Å². The van der Waals surface area contributed by atoms with Crippen LogP contribution in [0.3, 0.4) is 0 Å². The molecule has 2 fully saturated rings. The highest BCUT2D eigenvalue weighted by Gasteiger charge is 2.52. The summed E-state index contributed by atoms with van der Waals surface area (Å²) in [6.07, 6.45) is 3.04. The van der Waals surface area contributed by atoms with Crippen LogP contribution in [0.25, 0.3) is 11.4 Å². The summed E-state index contributed by atoms with van der Waals surface area (Å²) < 4.78 is 38.4. The molecule has 0 spiro atoms. The second-order valence-electron chi connectivity index (χ2n) is 8.64. The predicted molar refractivity (Wildman–Crippen MR) is 119 cm³/mol. The number of carbonyl (C=O) groups excluding carboxylic acids is 1. The van der Waals surface area contributed by atoms with E-state index in [1.54, 1.807) is 24.5 Å². The van der Waals surface area contributed by atoms with Crippen molar-refractivity contribution >= 4 is 11.7 Å². The Labute approximate surface area is 194 Å². The van der Waals surface area contributed by atoms with Crippen LogP contribution < -0.4 is 5.32 Å². The van der Waals surface area contributed by atoms with Crippen LogP contribution in [0.4, 0.5) is 19.0 Å². The SMILES string of the molecule is CC[C@@H]1[C@H]2C[C@@H](Nc3cnc(C(F)(F)F)cn3)[C@H](C2)N1C(=O)c1ccccc1-c1ncccn1. The molecule has 0 unspecified atom stereocenters. The molecule has 1 amide bonds. The summed E-state index contributed by atoms with van der Waals surface area (Å²) in [6.45, 7) is 2.07. The minimum Gasteiger partial charge on any atom is -0.364 e. The number of aromatic nitrogens is 4. The van der Waals surface area contributed by atoms with E-state index in [0.29, 0.717) is 22.9 Å². The van der Waals surface area contributed by atoms with Crippen molar-refractivity contribution in [2.24, 2.45) is 5.92 Å². The first kappa shape index (κ1) is 22.2. The van der Waals surface area contributed by atoms with E-state index >= 15 is 0 Å². The zero-order chi connectivity index (χ0) is 23.9. The maximum atomic E-state index is 13.8. The molecular weight excluding hydrogens is 445 g/mol. The van der Waals surface area contributed by atoms with E-state index in [-0.39, 0.29) is 29.9 Å². The van der Waals surface area contributed by atoms with Gasteiger partial charge in [0.1, 0.15) is 5.82 Å². The summed E-state index contributed by atoms with van der Waals surface area (Å²) in [5.41, 5.74) is 0.171. The van der Waals surface area contributed by atoms with Gasteiger partial charge in [0.2, 0.25) is 0 Å². The Hall–Kier alpha value is -3.56. The van der Waals surface area contributed by atoms with Crippen molar-refractivity contribution in [2.75, 3.05) is 5.32 Å². The summed E-state index contributed by atoms with van der Waals surface area (Å²) >= 11 is 0. The monoisotopic (exact) mass is 468 g/mol. The van der Waals surface area contributed by atoms with Crippen molar-refractivity contribution in [3.8, 4) is 11.4 Å². The Morgan fingerprint density at radius 1 is 1.06 bits per heavy atom. The van der Waals surface area contributed by atoms with Crippen LogP contribution in [-0.2, 0) is 6.18 Å². The molecule has 3 heterocycles. The van der Waals surface area contributed by atoms with Crippen molar-refractivity contribution < 1.29 is 18.0 Å². The Bertz CT molecular complexity index is 1170. The van der Waals surface area contributed by atoms with Crippen LogP contribution in [0.15, 0.2) is 55.1 Å². The lowest BCUT2D eigenvalue weighted by molar-refractivity contribution is -0.141. The summed E-state index contributed by atoms with van der Waals surface area (Å²) in [5.74, 6) is 0.967. The number of hydrogen-bond donors (Lipinski definition) is 1. The van der Waals surface area contributed by atoms with Gasteiger partial charge in [0.15, 0.2) is 11.5 Å². The molecule has 5 rings (SSSR count). The molecule has 4 atom stereocenters. The van der Waals surface area contributed by atoms with Gasteiger partial charge in [0.25, 0.3) is 5.91 Å². The number of fused-ring (bicyclic) bond motifs is 2. The second-order valence-corrected chi connectivity index (χ2v) is 8.64. The molecule has 2 bridgehead atoms. The quantitative estimate of drug-likeness (QED) is 0.596. The molecule has 1 aliphatic heterocycles. The van der Waals surface area contributed by atoms with Crippen LogP contribution in [0.2, 0.25) is 0 Å². The van der Waals surface area contributed by atoms with Gasteiger partial charge in [-0.15, -0.1) is 0 Å². The Morgan fingerprint density at radius 3 is 2.50 bits per heavy atom. The zero-order valence-electron chi connectivity index (χ0n) is 18.4. The molecule has 0 radical (unpaired) electrons. The summed E-state index contributed by atoms with van der Waals surface area (Å²) in [4.78, 5) is 31.8. The average molecular weight is 468 g/mol. The largest absolute Gasteiger partial charge is 0.434 e. The standard InChI is InChI=1S/C24H23F3N6O/c1-2-18-14-10-17(32-21-13-30-20(12-31-21)24(25,26)27)19(11-14)33(18)23(34)16-7-4-3-6-15(16)22-28-8-5-9-29-22/h3-9,12-14,17-19H,2,10-11H2,1H3,(H,31,32)/t14-,17+,18+,19-/m0/s1. The second kappa shape index (κ2) is 8.66. The molecule has 34 heavy (non-hydrogen) atoms. The highest BCUT2D eigenvalue weighted by Crippen LogP contribution is 2.45. The number of anilines is 1. The number of alkyl halides is 3. The van der Waals surface area contributed by atoms with E-state index in [2.05, 4.69) is 32.2 Å². The molecule has 1 saturated carbocycles. The molecule has 1 aromatic carbocycles. The smallest absolute Gasteiger partial charge is 0.364 e. The number of rotatable bonds is 5. The molecule has 1 N–H and O–H groups in total. The number of piperidine rings is 1. The van der Waals surface area contributed by atoms with Crippen molar-refractivity contribution in [2.45, 2.75) is 50.5 Å². The van der Waals surface area contributed by atoms with Gasteiger partial charge in [-0.25, -0.2) is 19.9 Å². The number of nitrogens with zero attached hydrogens (tertiary/aromatic N) is 5. The maximum Gasteiger partial charge on any atom is 0.434 e. The van der Waals surface area contributed by atoms with E-state index in [1.165, 1.54) is 0 Å². The number of halogens is 3. The zero-order valence-corrected chi connectivity index (χ0v) is 18.4. The van der Waals surface area contributed by atoms with Crippen molar-refractivity contribution in [3.63, 3.8) is 0 Å². The molecule has 7 nitrogen and oxygen atoms in total. The molecule has 10 heteroatoms. The number of nitrogens with one attached hydrogen (secondary N) is 1. The van der Waals surface area contributed by atoms with E-state index in [4.69, 9.17) is 0 Å². The summed E-state index contributed by atoms with van der Waals surface area (Å²) in [5, 5.41) is 3.22. The van der Waals surface area contributed by atoms with Gasteiger partial charge in [-0.05, 0) is 37.3 Å². The first-order chi connectivity index (χ1) is 16.4. The molecule has 2 aromatic heterocycles. The molecule has 3 aromatic rings. The Balaban J connectivity index is 1.41. The van der Waals surface area contributed by atoms with Gasteiger partial charge in [0.05, 0.1) is 24.0 Å². The Kier molecular flexibility index (Phi) is 5.66. The number of hydrogen-bond acceptors (Lipinski definition) is 6. The summed E-state index contributed by atoms with van der Waals surface area (Å²) in [6, 6.07) is 8.90. The lowest BCUT2D eigenvalue weighted by atomic mass is 9.93. The fourth-order valence-corrected chi connectivity index (χ4v) is 5.32. The minimum absolute atomic E-state index is 0.0904. The minimum atomic E-state index is -4.54. The van der Waals surface area contributed by atoms with E-state index < -0.39 is 11.9 Å². The van der Waals surface area contributed by atoms with Crippen molar-refractivity contribution in [1.82, 2.24) is 24.8 Å². The van der Waals surface area contributed by atoms with Gasteiger partial charge >= 0.3 is 6.18 Å². The van der Waals surface area contributed by atoms with Crippen LogP contribution in [0.1, 0.15) is 42.2 Å². The molecular formula is C24H23F3N6O. The fraction of sp³-hybridized carbons (Fsp3) is 0.375. The molecule has 1 aliphatic carbocycles. The van der Waals surface area contributed by atoms with E-state index in [9.17, 15) is 18.0 Å². The average Bonchev–Trinajstić information content (AvgIpc) is 3.42. The normalized spacial score (nSPS) is 23.8. The number of benzene rings is 1. The van der Waals surface area contributed by atoms with Crippen LogP contribution in [0.5, 0.6) is 0 Å². The topological polar surface area (TPSA) is 83.9 Å². The summed E-state index contributed by atoms with van der Waals surface area (Å²) in [7, 11) is 0. The third kappa shape index (κ3) is 3.97. The third-order valence-corrected chi connectivity index (χ3v) is 6.72. The molecule has 2 aliphatic rings. The van der Waals surface area contributed by atoms with Gasteiger partial charge in [0, 0.05) is 30.0 Å². The lowest BCUT2D eigenvalue weighted by Crippen LogP contribution is -2.52. The highest BCUT2D eigenvalue weighted by molar-refractivity contribution is 6.00. The number of likely N-dealkylation sites (tertiary alicyclic amines) is 1. The number of carbonyl (C=O) groups is 1. The fourth-order valence-electron chi connectivity index (χ4n) is 5.32. The van der Waals surface area contributed by atoms with Crippen LogP contribution in [-0.4, -0.2) is 48.9 Å². The van der Waals surface area contributed by atoms with Gasteiger partial charge in [-0.2, -0.15) is 13.2 Å².